The van der Waals surface area contributed by atoms with Crippen LogP contribution in [0, 0.1) is 11.3 Å². The lowest BCUT2D eigenvalue weighted by Crippen LogP contribution is -2.20. The zero-order valence-corrected chi connectivity index (χ0v) is 11.5. The Labute approximate surface area is 117 Å². The predicted molar refractivity (Wildman–Crippen MR) is 73.0 cm³/mol. The molecule has 1 saturated heterocycles. The van der Waals surface area contributed by atoms with Crippen LogP contribution in [-0.2, 0) is 4.74 Å². The maximum atomic E-state index is 8.90. The molecule has 2 rings (SSSR count). The van der Waals surface area contributed by atoms with Gasteiger partial charge in [-0.05, 0) is 30.5 Å². The summed E-state index contributed by atoms with van der Waals surface area (Å²) >= 11 is 12.0. The zero-order chi connectivity index (χ0) is 13.0. The fourth-order valence-electron chi connectivity index (χ4n) is 2.42. The Bertz CT molecular complexity index is 456. The lowest BCUT2D eigenvalue weighted by atomic mass is 9.88. The molecule has 0 bridgehead atoms. The van der Waals surface area contributed by atoms with Crippen LogP contribution in [0.4, 0.5) is 0 Å². The van der Waals surface area contributed by atoms with Gasteiger partial charge in [0.15, 0.2) is 0 Å². The Balaban J connectivity index is 2.26. The van der Waals surface area contributed by atoms with E-state index in [-0.39, 0.29) is 12.0 Å². The lowest BCUT2D eigenvalue weighted by molar-refractivity contribution is 0.0494. The summed E-state index contributed by atoms with van der Waals surface area (Å²) in [5.74, 6) is 0.238. The molecule has 1 aromatic rings. The van der Waals surface area contributed by atoms with E-state index in [1.165, 1.54) is 0 Å². The SMILES string of the molecule is N#CC[C@H]1OCCCCC1c1ccc(Cl)c(Cl)c1. The van der Waals surface area contributed by atoms with Crippen molar-refractivity contribution in [1.29, 1.82) is 5.26 Å². The molecule has 2 atom stereocenters. The molecule has 2 nitrogen and oxygen atoms in total. The van der Waals surface area contributed by atoms with Crippen LogP contribution in [0.1, 0.15) is 37.2 Å². The Hall–Kier alpha value is -0.750. The third kappa shape index (κ3) is 3.17. The molecule has 0 N–H and O–H groups in total. The Kier molecular flexibility index (Phi) is 4.88. The van der Waals surface area contributed by atoms with Crippen LogP contribution in [0.2, 0.25) is 10.0 Å². The van der Waals surface area contributed by atoms with Crippen LogP contribution in [0.3, 0.4) is 0 Å². The second kappa shape index (κ2) is 6.43. The fourth-order valence-corrected chi connectivity index (χ4v) is 2.73. The highest BCUT2D eigenvalue weighted by atomic mass is 35.5. The zero-order valence-electron chi connectivity index (χ0n) is 10.0. The molecule has 4 heteroatoms. The molecule has 1 aromatic carbocycles. The maximum absolute atomic E-state index is 8.90. The van der Waals surface area contributed by atoms with Crippen molar-refractivity contribution in [3.63, 3.8) is 0 Å². The Morgan fingerprint density at radius 2 is 2.11 bits per heavy atom. The van der Waals surface area contributed by atoms with Crippen molar-refractivity contribution in [3.8, 4) is 6.07 Å². The topological polar surface area (TPSA) is 33.0 Å². The van der Waals surface area contributed by atoms with Crippen LogP contribution in [0.5, 0.6) is 0 Å². The van der Waals surface area contributed by atoms with Gasteiger partial charge in [-0.1, -0.05) is 35.7 Å². The van der Waals surface area contributed by atoms with Gasteiger partial charge in [-0.15, -0.1) is 0 Å². The summed E-state index contributed by atoms with van der Waals surface area (Å²) in [6, 6.07) is 7.90. The first-order chi connectivity index (χ1) is 8.72. The van der Waals surface area contributed by atoms with E-state index in [1.807, 2.05) is 18.2 Å². The van der Waals surface area contributed by atoms with Gasteiger partial charge in [0.25, 0.3) is 0 Å². The monoisotopic (exact) mass is 283 g/mol. The average Bonchev–Trinajstić information content (AvgIpc) is 2.59. The number of ether oxygens (including phenoxy) is 1. The molecule has 0 aliphatic carbocycles. The Morgan fingerprint density at radius 1 is 1.28 bits per heavy atom. The maximum Gasteiger partial charge on any atom is 0.0773 e. The van der Waals surface area contributed by atoms with E-state index in [9.17, 15) is 0 Å². The molecular weight excluding hydrogens is 269 g/mol. The molecule has 1 fully saturated rings. The van der Waals surface area contributed by atoms with Crippen molar-refractivity contribution >= 4 is 23.2 Å². The second-order valence-electron chi connectivity index (χ2n) is 4.55. The molecule has 0 radical (unpaired) electrons. The first-order valence-corrected chi connectivity index (χ1v) is 6.91. The molecule has 1 aliphatic rings. The smallest absolute Gasteiger partial charge is 0.0773 e. The molecule has 1 aliphatic heterocycles. The van der Waals surface area contributed by atoms with Gasteiger partial charge in [0, 0.05) is 12.5 Å². The normalized spacial score (nSPS) is 24.3. The number of halogens is 2. The highest BCUT2D eigenvalue weighted by molar-refractivity contribution is 6.42. The lowest BCUT2D eigenvalue weighted by Gasteiger charge is -2.23. The molecule has 0 spiro atoms. The van der Waals surface area contributed by atoms with Gasteiger partial charge in [0.2, 0.25) is 0 Å². The number of benzene rings is 1. The molecule has 1 unspecified atom stereocenters. The summed E-state index contributed by atoms with van der Waals surface area (Å²) in [5.41, 5.74) is 1.12. The number of rotatable bonds is 2. The van der Waals surface area contributed by atoms with Crippen LogP contribution in [0.15, 0.2) is 18.2 Å². The van der Waals surface area contributed by atoms with Crippen LogP contribution >= 0.6 is 23.2 Å². The van der Waals surface area contributed by atoms with E-state index in [4.69, 9.17) is 33.2 Å². The molecule has 0 amide bonds. The van der Waals surface area contributed by atoms with E-state index < -0.39 is 0 Å². The van der Waals surface area contributed by atoms with Crippen LogP contribution in [-0.4, -0.2) is 12.7 Å². The van der Waals surface area contributed by atoms with Gasteiger partial charge in [0.1, 0.15) is 0 Å². The second-order valence-corrected chi connectivity index (χ2v) is 5.36. The Morgan fingerprint density at radius 3 is 2.83 bits per heavy atom. The third-order valence-electron chi connectivity index (χ3n) is 3.35. The van der Waals surface area contributed by atoms with E-state index >= 15 is 0 Å². The van der Waals surface area contributed by atoms with Crippen molar-refractivity contribution in [1.82, 2.24) is 0 Å². The van der Waals surface area contributed by atoms with E-state index in [1.54, 1.807) is 0 Å². The summed E-state index contributed by atoms with van der Waals surface area (Å²) in [4.78, 5) is 0. The van der Waals surface area contributed by atoms with Crippen molar-refractivity contribution in [2.45, 2.75) is 37.7 Å². The average molecular weight is 284 g/mol. The van der Waals surface area contributed by atoms with E-state index in [0.717, 1.165) is 31.4 Å². The number of nitrogens with zero attached hydrogens (tertiary/aromatic N) is 1. The predicted octanol–water partition coefficient (Wildman–Crippen LogP) is 4.56. The first-order valence-electron chi connectivity index (χ1n) is 6.16. The van der Waals surface area contributed by atoms with Gasteiger partial charge in [0.05, 0.1) is 28.6 Å². The first kappa shape index (κ1) is 13.7. The molecule has 0 saturated carbocycles. The summed E-state index contributed by atoms with van der Waals surface area (Å²) < 4.78 is 5.78. The molecular formula is C14H15Cl2NO. The van der Waals surface area contributed by atoms with E-state index in [2.05, 4.69) is 6.07 Å². The van der Waals surface area contributed by atoms with Gasteiger partial charge in [-0.25, -0.2) is 0 Å². The molecule has 96 valence electrons. The van der Waals surface area contributed by atoms with Crippen molar-refractivity contribution in [2.24, 2.45) is 0 Å². The number of nitriles is 1. The minimum absolute atomic E-state index is 0.0326. The van der Waals surface area contributed by atoms with E-state index in [0.29, 0.717) is 16.5 Å². The minimum atomic E-state index is -0.0326. The van der Waals surface area contributed by atoms with Gasteiger partial charge >= 0.3 is 0 Å². The van der Waals surface area contributed by atoms with Crippen molar-refractivity contribution < 1.29 is 4.74 Å². The van der Waals surface area contributed by atoms with Crippen LogP contribution in [0.25, 0.3) is 0 Å². The molecule has 18 heavy (non-hydrogen) atoms. The van der Waals surface area contributed by atoms with Crippen LogP contribution < -0.4 is 0 Å². The summed E-state index contributed by atoms with van der Waals surface area (Å²) in [7, 11) is 0. The summed E-state index contributed by atoms with van der Waals surface area (Å²) in [5, 5.41) is 10.0. The standard InChI is InChI=1S/C14H15Cl2NO/c15-12-5-4-10(9-13(12)16)11-3-1-2-8-18-14(11)6-7-17/h4-5,9,11,14H,1-3,6,8H2/t11?,14-/m1/s1. The van der Waals surface area contributed by atoms with Gasteiger partial charge in [-0.2, -0.15) is 5.26 Å². The number of hydrogen-bond acceptors (Lipinski definition) is 2. The summed E-state index contributed by atoms with van der Waals surface area (Å²) in [6.07, 6.45) is 3.59. The van der Waals surface area contributed by atoms with Gasteiger partial charge < -0.3 is 4.74 Å². The molecule has 0 aromatic heterocycles. The van der Waals surface area contributed by atoms with Crippen molar-refractivity contribution in [3.05, 3.63) is 33.8 Å². The minimum Gasteiger partial charge on any atom is -0.377 e. The quantitative estimate of drug-likeness (QED) is 0.797. The van der Waals surface area contributed by atoms with Crippen molar-refractivity contribution in [2.75, 3.05) is 6.61 Å². The highest BCUT2D eigenvalue weighted by Gasteiger charge is 2.26. The van der Waals surface area contributed by atoms with Gasteiger partial charge in [-0.3, -0.25) is 0 Å². The fraction of sp³-hybridized carbons (Fsp3) is 0.500. The highest BCUT2D eigenvalue weighted by Crippen LogP contribution is 2.34. The summed E-state index contributed by atoms with van der Waals surface area (Å²) in [6.45, 7) is 0.740. The number of hydrogen-bond donors (Lipinski definition) is 0. The molecule has 1 heterocycles. The largest absolute Gasteiger partial charge is 0.377 e. The third-order valence-corrected chi connectivity index (χ3v) is 4.09.